The molecule has 0 aromatic heterocycles. The number of benzene rings is 1. The second kappa shape index (κ2) is 9.73. The van der Waals surface area contributed by atoms with Crippen molar-refractivity contribution in [3.63, 3.8) is 0 Å². The molecule has 1 fully saturated rings. The van der Waals surface area contributed by atoms with Gasteiger partial charge in [0.05, 0.1) is 12.5 Å². The van der Waals surface area contributed by atoms with Crippen LogP contribution < -0.4 is 5.73 Å². The molecule has 2 unspecified atom stereocenters. The van der Waals surface area contributed by atoms with Gasteiger partial charge in [-0.3, -0.25) is 9.59 Å². The van der Waals surface area contributed by atoms with Gasteiger partial charge in [0.2, 0.25) is 11.8 Å². The predicted octanol–water partition coefficient (Wildman–Crippen LogP) is 1.83. The lowest BCUT2D eigenvalue weighted by Crippen LogP contribution is -2.55. The fourth-order valence-electron chi connectivity index (χ4n) is 2.80. The molecule has 2 N–H and O–H groups in total. The molecule has 0 radical (unpaired) electrons. The number of rotatable bonds is 5. The van der Waals surface area contributed by atoms with E-state index in [1.807, 2.05) is 13.8 Å². The van der Waals surface area contributed by atoms with Crippen LogP contribution in [0.3, 0.4) is 0 Å². The lowest BCUT2D eigenvalue weighted by molar-refractivity contribution is -0.140. The molecule has 2 rings (SSSR count). The zero-order valence-electron chi connectivity index (χ0n) is 14.8. The Hall–Kier alpha value is -1.66. The van der Waals surface area contributed by atoms with Gasteiger partial charge in [-0.15, -0.1) is 12.4 Å². The highest BCUT2D eigenvalue weighted by molar-refractivity contribution is 5.85. The topological polar surface area (TPSA) is 66.6 Å². The highest BCUT2D eigenvalue weighted by Gasteiger charge is 2.29. The summed E-state index contributed by atoms with van der Waals surface area (Å²) in [7, 11) is 0. The highest BCUT2D eigenvalue weighted by atomic mass is 35.5. The van der Waals surface area contributed by atoms with Gasteiger partial charge in [-0.25, -0.2) is 4.39 Å². The van der Waals surface area contributed by atoms with Crippen molar-refractivity contribution in [1.82, 2.24) is 9.80 Å². The molecule has 140 valence electrons. The van der Waals surface area contributed by atoms with Crippen LogP contribution in [0.4, 0.5) is 4.39 Å². The van der Waals surface area contributed by atoms with Gasteiger partial charge < -0.3 is 15.5 Å². The number of halogens is 2. The summed E-state index contributed by atoms with van der Waals surface area (Å²) in [5.74, 6) is -0.388. The van der Waals surface area contributed by atoms with Gasteiger partial charge in [-0.05, 0) is 17.5 Å². The van der Waals surface area contributed by atoms with E-state index in [4.69, 9.17) is 5.73 Å². The van der Waals surface area contributed by atoms with E-state index in [1.165, 1.54) is 6.07 Å². The van der Waals surface area contributed by atoms with Crippen molar-refractivity contribution in [2.45, 2.75) is 32.7 Å². The van der Waals surface area contributed by atoms with E-state index < -0.39 is 6.04 Å². The van der Waals surface area contributed by atoms with Crippen LogP contribution in [0.25, 0.3) is 0 Å². The molecule has 2 amide bonds. The molecule has 2 atom stereocenters. The second-order valence-corrected chi connectivity index (χ2v) is 6.39. The minimum absolute atomic E-state index is 0. The third kappa shape index (κ3) is 5.41. The Morgan fingerprint density at radius 3 is 2.28 bits per heavy atom. The highest BCUT2D eigenvalue weighted by Crippen LogP contribution is 2.13. The van der Waals surface area contributed by atoms with Crippen LogP contribution >= 0.6 is 12.4 Å². The first-order valence-corrected chi connectivity index (χ1v) is 8.49. The summed E-state index contributed by atoms with van der Waals surface area (Å²) in [6.45, 7) is 5.87. The van der Waals surface area contributed by atoms with Gasteiger partial charge in [0, 0.05) is 26.2 Å². The third-order valence-electron chi connectivity index (χ3n) is 4.79. The lowest BCUT2D eigenvalue weighted by Gasteiger charge is -2.36. The van der Waals surface area contributed by atoms with Crippen LogP contribution in [0.15, 0.2) is 24.3 Å². The van der Waals surface area contributed by atoms with Gasteiger partial charge in [0.1, 0.15) is 5.82 Å². The van der Waals surface area contributed by atoms with Crippen LogP contribution in [0.2, 0.25) is 0 Å². The summed E-state index contributed by atoms with van der Waals surface area (Å²) >= 11 is 0. The molecule has 1 aromatic rings. The molecule has 1 aliphatic rings. The molecule has 1 saturated heterocycles. The summed E-state index contributed by atoms with van der Waals surface area (Å²) in [5.41, 5.74) is 6.40. The normalized spacial score (nSPS) is 16.8. The minimum Gasteiger partial charge on any atom is -0.339 e. The second-order valence-electron chi connectivity index (χ2n) is 6.39. The molecule has 0 saturated carbocycles. The average Bonchev–Trinajstić information content (AvgIpc) is 2.61. The van der Waals surface area contributed by atoms with Gasteiger partial charge >= 0.3 is 0 Å². The summed E-state index contributed by atoms with van der Waals surface area (Å²) < 4.78 is 13.6. The van der Waals surface area contributed by atoms with Crippen molar-refractivity contribution in [2.75, 3.05) is 26.2 Å². The van der Waals surface area contributed by atoms with Crippen LogP contribution in [0.1, 0.15) is 25.8 Å². The first-order valence-electron chi connectivity index (χ1n) is 8.49. The zero-order valence-corrected chi connectivity index (χ0v) is 15.6. The number of nitrogens with zero attached hydrogens (tertiary/aromatic N) is 2. The molecule has 25 heavy (non-hydrogen) atoms. The van der Waals surface area contributed by atoms with Crippen LogP contribution in [-0.2, 0) is 16.0 Å². The number of amides is 2. The van der Waals surface area contributed by atoms with Gasteiger partial charge in [-0.1, -0.05) is 38.5 Å². The maximum atomic E-state index is 13.6. The summed E-state index contributed by atoms with van der Waals surface area (Å²) in [6.07, 6.45) is 0.904. The number of hydrogen-bond donors (Lipinski definition) is 1. The summed E-state index contributed by atoms with van der Waals surface area (Å²) in [5, 5.41) is 0. The largest absolute Gasteiger partial charge is 0.339 e. The van der Waals surface area contributed by atoms with Crippen LogP contribution in [0, 0.1) is 11.7 Å². The van der Waals surface area contributed by atoms with E-state index in [1.54, 1.807) is 28.0 Å². The Morgan fingerprint density at radius 2 is 1.72 bits per heavy atom. The third-order valence-corrected chi connectivity index (χ3v) is 4.79. The fourth-order valence-corrected chi connectivity index (χ4v) is 2.80. The Labute approximate surface area is 154 Å². The Kier molecular flexibility index (Phi) is 8.32. The SMILES string of the molecule is CCC(C)C(N)C(=O)N1CCN(C(=O)Cc2ccccc2F)CC1.Cl. The number of hydrogen-bond acceptors (Lipinski definition) is 3. The van der Waals surface area contributed by atoms with Crippen molar-refractivity contribution >= 4 is 24.2 Å². The van der Waals surface area contributed by atoms with Gasteiger partial charge in [0.15, 0.2) is 0 Å². The first kappa shape index (κ1) is 21.4. The van der Waals surface area contributed by atoms with E-state index in [9.17, 15) is 14.0 Å². The Morgan fingerprint density at radius 1 is 1.16 bits per heavy atom. The van der Waals surface area contributed by atoms with E-state index >= 15 is 0 Å². The average molecular weight is 372 g/mol. The zero-order chi connectivity index (χ0) is 17.7. The molecule has 0 aliphatic carbocycles. The molecule has 7 heteroatoms. The van der Waals surface area contributed by atoms with Crippen LogP contribution in [0.5, 0.6) is 0 Å². The number of piperazine rings is 1. The van der Waals surface area contributed by atoms with Crippen LogP contribution in [-0.4, -0.2) is 53.8 Å². The minimum atomic E-state index is -0.490. The summed E-state index contributed by atoms with van der Waals surface area (Å²) in [4.78, 5) is 28.1. The number of carbonyl (C=O) groups excluding carboxylic acids is 2. The first-order chi connectivity index (χ1) is 11.4. The van der Waals surface area contributed by atoms with Crippen molar-refractivity contribution in [3.05, 3.63) is 35.6 Å². The summed E-state index contributed by atoms with van der Waals surface area (Å²) in [6, 6.07) is 5.82. The molecule has 1 aliphatic heterocycles. The van der Waals surface area contributed by atoms with Gasteiger partial charge in [-0.2, -0.15) is 0 Å². The molecule has 1 aromatic carbocycles. The molecule has 1 heterocycles. The Bertz CT molecular complexity index is 591. The van der Waals surface area contributed by atoms with Crippen molar-refractivity contribution < 1.29 is 14.0 Å². The van der Waals surface area contributed by atoms with Crippen molar-refractivity contribution in [2.24, 2.45) is 11.7 Å². The van der Waals surface area contributed by atoms with E-state index in [-0.39, 0.29) is 42.4 Å². The quantitative estimate of drug-likeness (QED) is 0.858. The van der Waals surface area contributed by atoms with Gasteiger partial charge in [0.25, 0.3) is 0 Å². The fraction of sp³-hybridized carbons (Fsp3) is 0.556. The number of nitrogens with two attached hydrogens (primary N) is 1. The monoisotopic (exact) mass is 371 g/mol. The molecule has 0 bridgehead atoms. The standard InChI is InChI=1S/C18H26FN3O2.ClH/c1-3-13(2)17(20)18(24)22-10-8-21(9-11-22)16(23)12-14-6-4-5-7-15(14)19;/h4-7,13,17H,3,8-12,20H2,1-2H3;1H. The van der Waals surface area contributed by atoms with E-state index in [0.717, 1.165) is 6.42 Å². The maximum absolute atomic E-state index is 13.6. The van der Waals surface area contributed by atoms with Crippen molar-refractivity contribution in [1.29, 1.82) is 0 Å². The van der Waals surface area contributed by atoms with Crippen molar-refractivity contribution in [3.8, 4) is 0 Å². The molecular weight excluding hydrogens is 345 g/mol. The van der Waals surface area contributed by atoms with E-state index in [2.05, 4.69) is 0 Å². The maximum Gasteiger partial charge on any atom is 0.239 e. The molecule has 0 spiro atoms. The number of carbonyl (C=O) groups is 2. The predicted molar refractivity (Wildman–Crippen MR) is 97.9 cm³/mol. The smallest absolute Gasteiger partial charge is 0.239 e. The molecule has 5 nitrogen and oxygen atoms in total. The molecular formula is C18H27ClFN3O2. The Balaban J connectivity index is 0.00000312. The lowest BCUT2D eigenvalue weighted by atomic mass is 9.98. The van der Waals surface area contributed by atoms with E-state index in [0.29, 0.717) is 31.7 Å².